The second-order valence-corrected chi connectivity index (χ2v) is 6.23. The molecule has 27 heavy (non-hydrogen) atoms. The first-order valence-electron chi connectivity index (χ1n) is 8.46. The van der Waals surface area contributed by atoms with Crippen molar-refractivity contribution in [1.82, 2.24) is 10.3 Å². The number of nitrogens with zero attached hydrogens (tertiary/aromatic N) is 1. The largest absolute Gasteiger partial charge is 0.484 e. The van der Waals surface area contributed by atoms with E-state index < -0.39 is 0 Å². The molecule has 0 saturated carbocycles. The SMILES string of the molecule is O=C(COc1ccc(Cl)cc1)NCc1ccnc(OCc2ccccc2)c1. The maximum absolute atomic E-state index is 11.9. The smallest absolute Gasteiger partial charge is 0.258 e. The van der Waals surface area contributed by atoms with Crippen LogP contribution in [0.5, 0.6) is 11.6 Å². The minimum absolute atomic E-state index is 0.0654. The molecule has 0 aliphatic heterocycles. The number of hydrogen-bond donors (Lipinski definition) is 1. The second-order valence-electron chi connectivity index (χ2n) is 5.80. The van der Waals surface area contributed by atoms with Gasteiger partial charge in [-0.1, -0.05) is 41.9 Å². The number of amides is 1. The van der Waals surface area contributed by atoms with Gasteiger partial charge in [-0.25, -0.2) is 4.98 Å². The molecule has 6 heteroatoms. The molecule has 1 aromatic heterocycles. The first-order chi connectivity index (χ1) is 13.2. The van der Waals surface area contributed by atoms with Crippen LogP contribution in [-0.2, 0) is 17.9 Å². The first-order valence-corrected chi connectivity index (χ1v) is 8.83. The van der Waals surface area contributed by atoms with E-state index >= 15 is 0 Å². The number of ether oxygens (including phenoxy) is 2. The highest BCUT2D eigenvalue weighted by Gasteiger charge is 2.05. The maximum atomic E-state index is 11.9. The van der Waals surface area contributed by atoms with Gasteiger partial charge >= 0.3 is 0 Å². The molecule has 3 rings (SSSR count). The molecular formula is C21H19ClN2O3. The number of aromatic nitrogens is 1. The third kappa shape index (κ3) is 6.31. The molecular weight excluding hydrogens is 364 g/mol. The van der Waals surface area contributed by atoms with Gasteiger partial charge in [-0.3, -0.25) is 4.79 Å². The Balaban J connectivity index is 1.44. The topological polar surface area (TPSA) is 60.5 Å². The van der Waals surface area contributed by atoms with Crippen molar-refractivity contribution in [1.29, 1.82) is 0 Å². The summed E-state index contributed by atoms with van der Waals surface area (Å²) < 4.78 is 11.1. The van der Waals surface area contributed by atoms with Crippen molar-refractivity contribution >= 4 is 17.5 Å². The van der Waals surface area contributed by atoms with Crippen LogP contribution < -0.4 is 14.8 Å². The summed E-state index contributed by atoms with van der Waals surface area (Å²) in [6.45, 7) is 0.746. The number of carbonyl (C=O) groups excluding carboxylic acids is 1. The molecule has 1 heterocycles. The van der Waals surface area contributed by atoms with Crippen LogP contribution in [0.2, 0.25) is 5.02 Å². The Morgan fingerprint density at radius 3 is 2.52 bits per heavy atom. The molecule has 1 amide bonds. The summed E-state index contributed by atoms with van der Waals surface area (Å²) in [5, 5.41) is 3.43. The van der Waals surface area contributed by atoms with Crippen molar-refractivity contribution in [3.8, 4) is 11.6 Å². The molecule has 0 atom stereocenters. The molecule has 0 unspecified atom stereocenters. The fourth-order valence-corrected chi connectivity index (χ4v) is 2.43. The summed E-state index contributed by atoms with van der Waals surface area (Å²) >= 11 is 5.81. The summed E-state index contributed by atoms with van der Waals surface area (Å²) in [4.78, 5) is 16.1. The van der Waals surface area contributed by atoms with E-state index in [1.165, 1.54) is 0 Å². The number of pyridine rings is 1. The van der Waals surface area contributed by atoms with Crippen LogP contribution in [0, 0.1) is 0 Å². The van der Waals surface area contributed by atoms with Crippen LogP contribution in [0.1, 0.15) is 11.1 Å². The molecule has 1 N–H and O–H groups in total. The maximum Gasteiger partial charge on any atom is 0.258 e. The van der Waals surface area contributed by atoms with E-state index in [1.54, 1.807) is 30.5 Å². The summed E-state index contributed by atoms with van der Waals surface area (Å²) in [5.74, 6) is 0.895. The summed E-state index contributed by atoms with van der Waals surface area (Å²) in [7, 11) is 0. The zero-order valence-corrected chi connectivity index (χ0v) is 15.4. The van der Waals surface area contributed by atoms with Gasteiger partial charge in [-0.05, 0) is 41.5 Å². The van der Waals surface area contributed by atoms with Crippen molar-refractivity contribution in [2.45, 2.75) is 13.2 Å². The van der Waals surface area contributed by atoms with Crippen LogP contribution in [0.15, 0.2) is 72.9 Å². The van der Waals surface area contributed by atoms with Crippen LogP contribution in [-0.4, -0.2) is 17.5 Å². The van der Waals surface area contributed by atoms with Gasteiger partial charge in [0.2, 0.25) is 5.88 Å². The molecule has 0 aliphatic rings. The first kappa shape index (κ1) is 18.7. The van der Waals surface area contributed by atoms with Crippen LogP contribution in [0.4, 0.5) is 0 Å². The Labute approximate surface area is 162 Å². The summed E-state index contributed by atoms with van der Waals surface area (Å²) in [6.07, 6.45) is 1.66. The van der Waals surface area contributed by atoms with Gasteiger partial charge in [0.1, 0.15) is 12.4 Å². The molecule has 138 valence electrons. The predicted molar refractivity (Wildman–Crippen MR) is 104 cm³/mol. The normalized spacial score (nSPS) is 10.3. The molecule has 0 saturated heterocycles. The Bertz CT molecular complexity index is 870. The van der Waals surface area contributed by atoms with E-state index in [1.807, 2.05) is 42.5 Å². The van der Waals surface area contributed by atoms with Gasteiger partial charge < -0.3 is 14.8 Å². The Morgan fingerprint density at radius 2 is 1.74 bits per heavy atom. The van der Waals surface area contributed by atoms with Crippen molar-refractivity contribution in [3.63, 3.8) is 0 Å². The van der Waals surface area contributed by atoms with Crippen molar-refractivity contribution in [3.05, 3.63) is 89.1 Å². The van der Waals surface area contributed by atoms with Gasteiger partial charge in [0.15, 0.2) is 6.61 Å². The van der Waals surface area contributed by atoms with Crippen molar-refractivity contribution in [2.75, 3.05) is 6.61 Å². The van der Waals surface area contributed by atoms with Gasteiger partial charge in [0, 0.05) is 23.8 Å². The number of hydrogen-bond acceptors (Lipinski definition) is 4. The van der Waals surface area contributed by atoms with Gasteiger partial charge in [0.25, 0.3) is 5.91 Å². The van der Waals surface area contributed by atoms with Crippen molar-refractivity contribution in [2.24, 2.45) is 0 Å². The lowest BCUT2D eigenvalue weighted by molar-refractivity contribution is -0.123. The lowest BCUT2D eigenvalue weighted by Gasteiger charge is -2.09. The molecule has 0 aliphatic carbocycles. The van der Waals surface area contributed by atoms with E-state index in [0.717, 1.165) is 11.1 Å². The minimum atomic E-state index is -0.214. The molecule has 0 radical (unpaired) electrons. The molecule has 0 fully saturated rings. The number of rotatable bonds is 8. The van der Waals surface area contributed by atoms with Gasteiger partial charge in [0.05, 0.1) is 0 Å². The summed E-state index contributed by atoms with van der Waals surface area (Å²) in [6, 6.07) is 20.4. The average Bonchev–Trinajstić information content (AvgIpc) is 2.71. The Kier molecular flexibility index (Phi) is 6.66. The van der Waals surface area contributed by atoms with Crippen LogP contribution in [0.25, 0.3) is 0 Å². The fraction of sp³-hybridized carbons (Fsp3) is 0.143. The lowest BCUT2D eigenvalue weighted by atomic mass is 10.2. The second kappa shape index (κ2) is 9.59. The minimum Gasteiger partial charge on any atom is -0.484 e. The third-order valence-electron chi connectivity index (χ3n) is 3.70. The molecule has 5 nitrogen and oxygen atoms in total. The van der Waals surface area contributed by atoms with E-state index in [-0.39, 0.29) is 12.5 Å². The predicted octanol–water partition coefficient (Wildman–Crippen LogP) is 4.01. The zero-order valence-electron chi connectivity index (χ0n) is 14.6. The summed E-state index contributed by atoms with van der Waals surface area (Å²) in [5.41, 5.74) is 1.96. The fourth-order valence-electron chi connectivity index (χ4n) is 2.30. The third-order valence-corrected chi connectivity index (χ3v) is 3.95. The van der Waals surface area contributed by atoms with Crippen LogP contribution >= 0.6 is 11.6 Å². The van der Waals surface area contributed by atoms with Crippen LogP contribution in [0.3, 0.4) is 0 Å². The lowest BCUT2D eigenvalue weighted by Crippen LogP contribution is -2.28. The number of nitrogens with one attached hydrogen (secondary N) is 1. The highest BCUT2D eigenvalue weighted by molar-refractivity contribution is 6.30. The monoisotopic (exact) mass is 382 g/mol. The van der Waals surface area contributed by atoms with E-state index in [4.69, 9.17) is 21.1 Å². The van der Waals surface area contributed by atoms with Crippen molar-refractivity contribution < 1.29 is 14.3 Å². The van der Waals surface area contributed by atoms with Gasteiger partial charge in [-0.15, -0.1) is 0 Å². The zero-order chi connectivity index (χ0) is 18.9. The van der Waals surface area contributed by atoms with E-state index in [9.17, 15) is 4.79 Å². The number of benzene rings is 2. The number of carbonyl (C=O) groups is 1. The molecule has 3 aromatic rings. The standard InChI is InChI=1S/C21H19ClN2O3/c22-18-6-8-19(9-7-18)26-15-20(25)24-13-17-10-11-23-21(12-17)27-14-16-4-2-1-3-5-16/h1-12H,13-15H2,(H,24,25). The molecule has 0 bridgehead atoms. The quantitative estimate of drug-likeness (QED) is 0.639. The molecule has 0 spiro atoms. The van der Waals surface area contributed by atoms with E-state index in [2.05, 4.69) is 10.3 Å². The van der Waals surface area contributed by atoms with Gasteiger partial charge in [-0.2, -0.15) is 0 Å². The van der Waals surface area contributed by atoms with E-state index in [0.29, 0.717) is 29.8 Å². The highest BCUT2D eigenvalue weighted by Crippen LogP contribution is 2.15. The number of halogens is 1. The molecule has 2 aromatic carbocycles. The highest BCUT2D eigenvalue weighted by atomic mass is 35.5. The average molecular weight is 383 g/mol. The Morgan fingerprint density at radius 1 is 0.963 bits per heavy atom. The Hall–Kier alpha value is -3.05.